The maximum atomic E-state index is 12.4. The Morgan fingerprint density at radius 1 is 1.09 bits per heavy atom. The lowest BCUT2D eigenvalue weighted by atomic mass is 10.1. The predicted molar refractivity (Wildman–Crippen MR) is 133 cm³/mol. The van der Waals surface area contributed by atoms with Crippen LogP contribution in [0.15, 0.2) is 42.5 Å². The summed E-state index contributed by atoms with van der Waals surface area (Å²) in [5, 5.41) is 4.44. The number of halogens is 1. The van der Waals surface area contributed by atoms with Gasteiger partial charge in [0, 0.05) is 31.2 Å². The summed E-state index contributed by atoms with van der Waals surface area (Å²) >= 11 is 6.17. The molecular weight excluding hydrogens is 424 g/mol. The van der Waals surface area contributed by atoms with Crippen LogP contribution in [-0.2, 0) is 11.2 Å². The first-order valence-electron chi connectivity index (χ1n) is 10.7. The van der Waals surface area contributed by atoms with Gasteiger partial charge < -0.3 is 19.9 Å². The number of amides is 1. The van der Waals surface area contributed by atoms with Gasteiger partial charge in [0.15, 0.2) is 6.61 Å². The van der Waals surface area contributed by atoms with E-state index in [-0.39, 0.29) is 12.5 Å². The second-order valence-electron chi connectivity index (χ2n) is 8.22. The van der Waals surface area contributed by atoms with Crippen LogP contribution in [0, 0.1) is 6.92 Å². The number of hydrogen-bond acceptors (Lipinski definition) is 5. The van der Waals surface area contributed by atoms with Gasteiger partial charge in [-0.3, -0.25) is 4.79 Å². The Kier molecular flexibility index (Phi) is 7.94. The van der Waals surface area contributed by atoms with Crippen LogP contribution in [-0.4, -0.2) is 56.6 Å². The predicted octanol–water partition coefficient (Wildman–Crippen LogP) is 4.77. The molecular formula is C25H31ClN4O2. The van der Waals surface area contributed by atoms with Crippen LogP contribution in [0.1, 0.15) is 18.1 Å². The van der Waals surface area contributed by atoms with Crippen molar-refractivity contribution in [3.8, 4) is 5.75 Å². The fourth-order valence-electron chi connectivity index (χ4n) is 3.37. The third kappa shape index (κ3) is 6.11. The zero-order chi connectivity index (χ0) is 23.3. The maximum Gasteiger partial charge on any atom is 0.262 e. The van der Waals surface area contributed by atoms with E-state index < -0.39 is 0 Å². The average molecular weight is 455 g/mol. The molecule has 7 heteroatoms. The summed E-state index contributed by atoms with van der Waals surface area (Å²) in [6.07, 6.45) is 0.875. The minimum Gasteiger partial charge on any atom is -0.482 e. The van der Waals surface area contributed by atoms with Crippen molar-refractivity contribution < 1.29 is 9.53 Å². The van der Waals surface area contributed by atoms with Crippen molar-refractivity contribution in [3.05, 3.63) is 58.6 Å². The molecule has 0 aliphatic heterocycles. The number of rotatable bonds is 9. The summed E-state index contributed by atoms with van der Waals surface area (Å²) in [7, 11) is 6.19. The maximum absolute atomic E-state index is 12.4. The van der Waals surface area contributed by atoms with E-state index in [1.54, 1.807) is 6.07 Å². The number of aromatic nitrogens is 1. The monoisotopic (exact) mass is 454 g/mol. The van der Waals surface area contributed by atoms with Crippen LogP contribution in [0.25, 0.3) is 10.9 Å². The van der Waals surface area contributed by atoms with Gasteiger partial charge in [-0.1, -0.05) is 24.6 Å². The zero-order valence-corrected chi connectivity index (χ0v) is 20.2. The Balaban J connectivity index is 1.72. The average Bonchev–Trinajstić information content (AvgIpc) is 2.76. The van der Waals surface area contributed by atoms with Gasteiger partial charge in [0.25, 0.3) is 5.91 Å². The minimum absolute atomic E-state index is 0.116. The fraction of sp³-hybridized carbons (Fsp3) is 0.360. The molecule has 0 radical (unpaired) electrons. The molecule has 0 fully saturated rings. The number of fused-ring (bicyclic) bond motifs is 1. The summed E-state index contributed by atoms with van der Waals surface area (Å²) < 4.78 is 5.57. The van der Waals surface area contributed by atoms with Crippen molar-refractivity contribution in [2.24, 2.45) is 0 Å². The lowest BCUT2D eigenvalue weighted by molar-refractivity contribution is -0.118. The van der Waals surface area contributed by atoms with Crippen molar-refractivity contribution in [2.75, 3.05) is 51.1 Å². The first kappa shape index (κ1) is 23.8. The Bertz CT molecular complexity index is 1100. The van der Waals surface area contributed by atoms with Crippen molar-refractivity contribution in [1.82, 2.24) is 9.88 Å². The lowest BCUT2D eigenvalue weighted by Gasteiger charge is -2.22. The minimum atomic E-state index is -0.243. The number of aryl methyl sites for hydroxylation is 2. The zero-order valence-electron chi connectivity index (χ0n) is 19.4. The molecule has 0 aliphatic carbocycles. The second-order valence-corrected chi connectivity index (χ2v) is 8.63. The topological polar surface area (TPSA) is 57.7 Å². The van der Waals surface area contributed by atoms with Crippen LogP contribution < -0.4 is 15.0 Å². The molecule has 0 unspecified atom stereocenters. The van der Waals surface area contributed by atoms with Gasteiger partial charge in [0.05, 0.1) is 10.5 Å². The molecule has 0 spiro atoms. The molecule has 32 heavy (non-hydrogen) atoms. The van der Waals surface area contributed by atoms with E-state index >= 15 is 0 Å². The van der Waals surface area contributed by atoms with Crippen molar-refractivity contribution in [3.63, 3.8) is 0 Å². The van der Waals surface area contributed by atoms with Crippen LogP contribution in [0.3, 0.4) is 0 Å². The van der Waals surface area contributed by atoms with Crippen LogP contribution >= 0.6 is 11.6 Å². The summed E-state index contributed by atoms with van der Waals surface area (Å²) in [5.74, 6) is 1.21. The third-order valence-electron chi connectivity index (χ3n) is 5.27. The van der Waals surface area contributed by atoms with Gasteiger partial charge in [-0.15, -0.1) is 0 Å². The summed E-state index contributed by atoms with van der Waals surface area (Å²) in [6, 6.07) is 13.4. The van der Waals surface area contributed by atoms with Crippen LogP contribution in [0.2, 0.25) is 5.02 Å². The number of anilines is 2. The Morgan fingerprint density at radius 3 is 2.56 bits per heavy atom. The summed E-state index contributed by atoms with van der Waals surface area (Å²) in [4.78, 5) is 21.6. The van der Waals surface area contributed by atoms with E-state index in [0.29, 0.717) is 16.5 Å². The normalized spacial score (nSPS) is 11.1. The molecule has 3 rings (SSSR count). The van der Waals surface area contributed by atoms with Gasteiger partial charge >= 0.3 is 0 Å². The third-order valence-corrected chi connectivity index (χ3v) is 5.56. The van der Waals surface area contributed by atoms with Gasteiger partial charge in [-0.25, -0.2) is 4.98 Å². The van der Waals surface area contributed by atoms with E-state index in [4.69, 9.17) is 21.3 Å². The molecule has 3 aromatic rings. The number of ether oxygens (including phenoxy) is 1. The van der Waals surface area contributed by atoms with Crippen molar-refractivity contribution >= 4 is 39.9 Å². The highest BCUT2D eigenvalue weighted by atomic mass is 35.5. The number of nitrogens with zero attached hydrogens (tertiary/aromatic N) is 3. The summed E-state index contributed by atoms with van der Waals surface area (Å²) in [5.41, 5.74) is 3.86. The molecule has 170 valence electrons. The largest absolute Gasteiger partial charge is 0.482 e. The smallest absolute Gasteiger partial charge is 0.262 e. The SMILES string of the molecule is CCc1cc(N(C)CCN(C)C)nc2ccc(NC(=O)COc3ccc(C)cc3Cl)cc12. The van der Waals surface area contributed by atoms with E-state index in [2.05, 4.69) is 49.2 Å². The number of pyridine rings is 1. The molecule has 1 heterocycles. The molecule has 0 atom stereocenters. The molecule has 1 aromatic heterocycles. The Hall–Kier alpha value is -2.83. The lowest BCUT2D eigenvalue weighted by Crippen LogP contribution is -2.29. The number of benzene rings is 2. The van der Waals surface area contributed by atoms with Gasteiger partial charge in [0.2, 0.25) is 0 Å². The first-order chi connectivity index (χ1) is 15.3. The van der Waals surface area contributed by atoms with Gasteiger partial charge in [0.1, 0.15) is 11.6 Å². The number of hydrogen-bond donors (Lipinski definition) is 1. The van der Waals surface area contributed by atoms with E-state index in [0.717, 1.165) is 41.8 Å². The van der Waals surface area contributed by atoms with Crippen LogP contribution in [0.5, 0.6) is 5.75 Å². The summed E-state index contributed by atoms with van der Waals surface area (Å²) in [6.45, 7) is 5.82. The number of carbonyl (C=O) groups excluding carboxylic acids is 1. The van der Waals surface area contributed by atoms with E-state index in [1.807, 2.05) is 37.3 Å². The Morgan fingerprint density at radius 2 is 1.88 bits per heavy atom. The highest BCUT2D eigenvalue weighted by Crippen LogP contribution is 2.27. The molecule has 0 saturated heterocycles. The van der Waals surface area contributed by atoms with E-state index in [9.17, 15) is 4.79 Å². The fourth-order valence-corrected chi connectivity index (χ4v) is 3.66. The van der Waals surface area contributed by atoms with E-state index in [1.165, 1.54) is 5.56 Å². The number of nitrogens with one attached hydrogen (secondary N) is 1. The highest BCUT2D eigenvalue weighted by molar-refractivity contribution is 6.32. The van der Waals surface area contributed by atoms with Crippen molar-refractivity contribution in [1.29, 1.82) is 0 Å². The molecule has 0 saturated carbocycles. The van der Waals surface area contributed by atoms with Crippen LogP contribution in [0.4, 0.5) is 11.5 Å². The Labute approximate surface area is 195 Å². The standard InChI is InChI=1S/C25H31ClN4O2/c1-6-18-14-24(30(5)12-11-29(3)4)28-22-9-8-19(15-20(18)22)27-25(31)16-32-23-10-7-17(2)13-21(23)26/h7-10,13-15H,6,11-12,16H2,1-5H3,(H,27,31). The number of carbonyl (C=O) groups is 1. The first-order valence-corrected chi connectivity index (χ1v) is 11.1. The molecule has 0 aliphatic rings. The van der Waals surface area contributed by atoms with Gasteiger partial charge in [-0.05, 0) is 75.0 Å². The van der Waals surface area contributed by atoms with Gasteiger partial charge in [-0.2, -0.15) is 0 Å². The number of likely N-dealkylation sites (N-methyl/N-ethyl adjacent to an activating group) is 2. The highest BCUT2D eigenvalue weighted by Gasteiger charge is 2.11. The molecule has 1 N–H and O–H groups in total. The second kappa shape index (κ2) is 10.7. The van der Waals surface area contributed by atoms with Crippen molar-refractivity contribution in [2.45, 2.75) is 20.3 Å². The molecule has 1 amide bonds. The molecule has 2 aromatic carbocycles. The molecule has 0 bridgehead atoms. The molecule has 6 nitrogen and oxygen atoms in total. The quantitative estimate of drug-likeness (QED) is 0.504.